The number of hydrogen-bond donors (Lipinski definition) is 6. The van der Waals surface area contributed by atoms with E-state index in [2.05, 4.69) is 26.3 Å². The molecule has 4 amide bonds. The number of aromatic nitrogens is 1. The molecule has 0 bridgehead atoms. The van der Waals surface area contributed by atoms with Crippen LogP contribution >= 0.6 is 0 Å². The lowest BCUT2D eigenvalue weighted by atomic mass is 10.1. The first kappa shape index (κ1) is 30.1. The van der Waals surface area contributed by atoms with Gasteiger partial charge in [-0.15, -0.1) is 0 Å². The maximum Gasteiger partial charge on any atom is 0.249 e. The lowest BCUT2D eigenvalue weighted by Gasteiger charge is -2.26. The molecule has 3 heterocycles. The molecule has 226 valence electrons. The van der Waals surface area contributed by atoms with Crippen molar-refractivity contribution >= 4 is 40.2 Å². The summed E-state index contributed by atoms with van der Waals surface area (Å²) in [5.74, 6) is -1.56. The highest BCUT2D eigenvalue weighted by Gasteiger charge is 2.44. The second kappa shape index (κ2) is 13.7. The van der Waals surface area contributed by atoms with Gasteiger partial charge in [-0.2, -0.15) is 0 Å². The Morgan fingerprint density at radius 1 is 1.02 bits per heavy atom. The number of nitrogens with two attached hydrogens (primary N) is 1. The molecule has 2 aromatic carbocycles. The minimum atomic E-state index is -1.23. The van der Waals surface area contributed by atoms with E-state index in [1.807, 2.05) is 60.7 Å². The van der Waals surface area contributed by atoms with Crippen LogP contribution in [0.3, 0.4) is 0 Å². The molecule has 3 aromatic rings. The normalized spacial score (nSPS) is 22.2. The zero-order chi connectivity index (χ0) is 30.3. The van der Waals surface area contributed by atoms with Crippen molar-refractivity contribution in [2.75, 3.05) is 25.0 Å². The molecule has 5 atom stereocenters. The number of aliphatic hydroxyl groups is 1. The number of hydrogen-bond acceptors (Lipinski definition) is 8. The predicted molar refractivity (Wildman–Crippen MR) is 161 cm³/mol. The molecule has 2 saturated heterocycles. The molecule has 7 N–H and O–H groups in total. The van der Waals surface area contributed by atoms with Crippen molar-refractivity contribution in [3.63, 3.8) is 0 Å². The molecule has 2 aliphatic heterocycles. The van der Waals surface area contributed by atoms with Gasteiger partial charge in [-0.1, -0.05) is 48.5 Å². The van der Waals surface area contributed by atoms with Crippen LogP contribution in [0.1, 0.15) is 24.8 Å². The fourth-order valence-corrected chi connectivity index (χ4v) is 5.69. The number of nitrogens with zero attached hydrogens (tertiary/aromatic N) is 2. The molecule has 12 nitrogen and oxygen atoms in total. The van der Waals surface area contributed by atoms with Gasteiger partial charge in [0, 0.05) is 30.6 Å². The SMILES string of the molecule is NCC(=O)N[C@H]1CN[C@H](C(=O)N2C[C@@H](NC(=O)[C@H](O)CCc3ccccc3)C[C@H]2C(=O)Nc2cnc3ccccc3c2)C1. The molecule has 43 heavy (non-hydrogen) atoms. The van der Waals surface area contributed by atoms with E-state index in [1.54, 1.807) is 6.20 Å². The highest BCUT2D eigenvalue weighted by molar-refractivity contribution is 5.99. The Balaban J connectivity index is 1.26. The fourth-order valence-electron chi connectivity index (χ4n) is 5.69. The van der Waals surface area contributed by atoms with E-state index in [-0.39, 0.29) is 43.8 Å². The first-order chi connectivity index (χ1) is 20.8. The standard InChI is InChI=1S/C31H37N7O5/c32-15-28(40)35-22-13-25(34-17-22)31(43)38-18-23(37-30(42)27(39)11-10-19-6-2-1-3-7-19)14-26(38)29(41)36-21-12-20-8-4-5-9-24(20)33-16-21/h1-9,12,16,22-23,25-27,34,39H,10-11,13-15,17-18,32H2,(H,35,40)(H,36,41)(H,37,42)/t22-,23+,25+,26+,27-/m1/s1. The number of aliphatic hydroxyl groups excluding tert-OH is 1. The quantitative estimate of drug-likeness (QED) is 0.193. The van der Waals surface area contributed by atoms with E-state index in [9.17, 15) is 24.3 Å². The first-order valence-corrected chi connectivity index (χ1v) is 14.5. The number of para-hydroxylation sites is 1. The van der Waals surface area contributed by atoms with Crippen LogP contribution < -0.4 is 27.0 Å². The summed E-state index contributed by atoms with van der Waals surface area (Å²) in [6.07, 6.45) is 1.63. The minimum absolute atomic E-state index is 0.0992. The smallest absolute Gasteiger partial charge is 0.249 e. The molecule has 0 saturated carbocycles. The summed E-state index contributed by atoms with van der Waals surface area (Å²) in [7, 11) is 0. The van der Waals surface area contributed by atoms with Gasteiger partial charge in [-0.25, -0.2) is 0 Å². The van der Waals surface area contributed by atoms with Crippen LogP contribution in [0, 0.1) is 0 Å². The van der Waals surface area contributed by atoms with Gasteiger partial charge in [0.25, 0.3) is 0 Å². The molecule has 2 aliphatic rings. The number of carbonyl (C=O) groups excluding carboxylic acids is 4. The summed E-state index contributed by atoms with van der Waals surface area (Å²) in [5.41, 5.74) is 7.69. The lowest BCUT2D eigenvalue weighted by Crippen LogP contribution is -2.50. The largest absolute Gasteiger partial charge is 0.383 e. The molecule has 0 radical (unpaired) electrons. The van der Waals surface area contributed by atoms with E-state index < -0.39 is 36.0 Å². The number of likely N-dealkylation sites (tertiary alicyclic amines) is 1. The number of aryl methyl sites for hydroxylation is 1. The molecule has 0 spiro atoms. The van der Waals surface area contributed by atoms with E-state index in [0.29, 0.717) is 25.1 Å². The highest BCUT2D eigenvalue weighted by Crippen LogP contribution is 2.24. The Morgan fingerprint density at radius 2 is 1.79 bits per heavy atom. The average molecular weight is 588 g/mol. The number of pyridine rings is 1. The van der Waals surface area contributed by atoms with Crippen LogP contribution in [0.15, 0.2) is 66.9 Å². The van der Waals surface area contributed by atoms with Crippen molar-refractivity contribution in [2.45, 2.75) is 56.0 Å². The number of nitrogens with one attached hydrogen (secondary N) is 4. The van der Waals surface area contributed by atoms with Gasteiger partial charge in [0.15, 0.2) is 0 Å². The average Bonchev–Trinajstić information content (AvgIpc) is 3.67. The van der Waals surface area contributed by atoms with Crippen molar-refractivity contribution in [1.82, 2.24) is 25.8 Å². The Bertz CT molecular complexity index is 1470. The van der Waals surface area contributed by atoms with Crippen LogP contribution in [0.5, 0.6) is 0 Å². The molecule has 12 heteroatoms. The topological polar surface area (TPSA) is 179 Å². The summed E-state index contributed by atoms with van der Waals surface area (Å²) in [5, 5.41) is 23.0. The lowest BCUT2D eigenvalue weighted by molar-refractivity contribution is -0.138. The maximum absolute atomic E-state index is 13.7. The van der Waals surface area contributed by atoms with Crippen LogP contribution in [-0.2, 0) is 25.6 Å². The number of amides is 4. The third-order valence-electron chi connectivity index (χ3n) is 7.92. The minimum Gasteiger partial charge on any atom is -0.383 e. The summed E-state index contributed by atoms with van der Waals surface area (Å²) >= 11 is 0. The van der Waals surface area contributed by atoms with Gasteiger partial charge < -0.3 is 37.0 Å². The highest BCUT2D eigenvalue weighted by atomic mass is 16.3. The van der Waals surface area contributed by atoms with Gasteiger partial charge in [0.2, 0.25) is 23.6 Å². The molecular formula is C31H37N7O5. The van der Waals surface area contributed by atoms with Crippen molar-refractivity contribution in [2.24, 2.45) is 5.73 Å². The van der Waals surface area contributed by atoms with E-state index in [0.717, 1.165) is 16.5 Å². The van der Waals surface area contributed by atoms with Gasteiger partial charge in [0.05, 0.1) is 30.0 Å². The van der Waals surface area contributed by atoms with E-state index >= 15 is 0 Å². The van der Waals surface area contributed by atoms with Crippen molar-refractivity contribution in [1.29, 1.82) is 0 Å². The number of rotatable bonds is 10. The molecule has 5 rings (SSSR count). The van der Waals surface area contributed by atoms with Crippen molar-refractivity contribution in [3.05, 3.63) is 72.4 Å². The Hall–Kier alpha value is -4.39. The van der Waals surface area contributed by atoms with Crippen LogP contribution in [-0.4, -0.2) is 88.5 Å². The summed E-state index contributed by atoms with van der Waals surface area (Å²) in [6, 6.07) is 16.6. The monoisotopic (exact) mass is 587 g/mol. The van der Waals surface area contributed by atoms with Crippen LogP contribution in [0.2, 0.25) is 0 Å². The molecule has 0 unspecified atom stereocenters. The summed E-state index contributed by atoms with van der Waals surface area (Å²) < 4.78 is 0. The second-order valence-corrected chi connectivity index (χ2v) is 11.1. The second-order valence-electron chi connectivity index (χ2n) is 11.1. The van der Waals surface area contributed by atoms with Crippen LogP contribution in [0.4, 0.5) is 5.69 Å². The Morgan fingerprint density at radius 3 is 2.58 bits per heavy atom. The molecule has 0 aliphatic carbocycles. The molecular weight excluding hydrogens is 550 g/mol. The van der Waals surface area contributed by atoms with Gasteiger partial charge in [0.1, 0.15) is 12.1 Å². The van der Waals surface area contributed by atoms with E-state index in [1.165, 1.54) is 4.90 Å². The number of benzene rings is 2. The van der Waals surface area contributed by atoms with Crippen LogP contribution in [0.25, 0.3) is 10.9 Å². The third-order valence-corrected chi connectivity index (χ3v) is 7.92. The third kappa shape index (κ3) is 7.53. The van der Waals surface area contributed by atoms with Crippen molar-refractivity contribution < 1.29 is 24.3 Å². The summed E-state index contributed by atoms with van der Waals surface area (Å²) in [4.78, 5) is 57.7. The first-order valence-electron chi connectivity index (χ1n) is 14.5. The van der Waals surface area contributed by atoms with Gasteiger partial charge in [-0.3, -0.25) is 24.2 Å². The summed E-state index contributed by atoms with van der Waals surface area (Å²) in [6.45, 7) is 0.344. The zero-order valence-corrected chi connectivity index (χ0v) is 23.7. The van der Waals surface area contributed by atoms with Gasteiger partial charge in [-0.05, 0) is 43.4 Å². The molecule has 1 aromatic heterocycles. The van der Waals surface area contributed by atoms with E-state index in [4.69, 9.17) is 5.73 Å². The van der Waals surface area contributed by atoms with Gasteiger partial charge >= 0.3 is 0 Å². The van der Waals surface area contributed by atoms with Crippen molar-refractivity contribution in [3.8, 4) is 0 Å². The predicted octanol–water partition coefficient (Wildman–Crippen LogP) is 0.0581. The Labute approximate surface area is 249 Å². The maximum atomic E-state index is 13.7. The Kier molecular flexibility index (Phi) is 9.60. The zero-order valence-electron chi connectivity index (χ0n) is 23.7. The number of carbonyl (C=O) groups is 4. The fraction of sp³-hybridized carbons (Fsp3) is 0.387. The number of anilines is 1. The number of fused-ring (bicyclic) bond motifs is 1. The molecule has 2 fully saturated rings.